The zero-order chi connectivity index (χ0) is 18.1. The predicted molar refractivity (Wildman–Crippen MR) is 98.2 cm³/mol. The lowest BCUT2D eigenvalue weighted by Crippen LogP contribution is -2.45. The van der Waals surface area contributed by atoms with Crippen LogP contribution >= 0.6 is 0 Å². The summed E-state index contributed by atoms with van der Waals surface area (Å²) in [6, 6.07) is 17.9. The number of benzene rings is 2. The fourth-order valence-corrected chi connectivity index (χ4v) is 3.57. The molecule has 0 saturated carbocycles. The average molecular weight is 349 g/mol. The van der Waals surface area contributed by atoms with Crippen LogP contribution in [-0.2, 0) is 0 Å². The van der Waals surface area contributed by atoms with E-state index in [1.54, 1.807) is 29.2 Å². The third kappa shape index (κ3) is 3.02. The molecule has 2 heterocycles. The number of hydrogen-bond acceptors (Lipinski definition) is 4. The van der Waals surface area contributed by atoms with E-state index in [2.05, 4.69) is 0 Å². The van der Waals surface area contributed by atoms with Crippen LogP contribution < -0.4 is 5.43 Å². The first-order valence-corrected chi connectivity index (χ1v) is 8.68. The molecule has 3 aromatic rings. The highest BCUT2D eigenvalue weighted by Crippen LogP contribution is 2.29. The molecule has 1 aliphatic rings. The van der Waals surface area contributed by atoms with E-state index in [9.17, 15) is 14.7 Å². The summed E-state index contributed by atoms with van der Waals surface area (Å²) in [5.41, 5.74) is 1.22. The molecule has 0 aliphatic carbocycles. The van der Waals surface area contributed by atoms with Gasteiger partial charge in [-0.2, -0.15) is 0 Å². The van der Waals surface area contributed by atoms with Crippen molar-refractivity contribution in [2.75, 3.05) is 13.1 Å². The van der Waals surface area contributed by atoms with E-state index in [0.717, 1.165) is 5.56 Å². The quantitative estimate of drug-likeness (QED) is 0.772. The molecule has 2 atom stereocenters. The van der Waals surface area contributed by atoms with Gasteiger partial charge in [0.25, 0.3) is 5.91 Å². The topological polar surface area (TPSA) is 70.8 Å². The lowest BCUT2D eigenvalue weighted by molar-refractivity contribution is 0.0360. The molecule has 0 radical (unpaired) electrons. The fraction of sp³-hybridized carbons (Fsp3) is 0.238. The van der Waals surface area contributed by atoms with E-state index in [1.165, 1.54) is 6.07 Å². The van der Waals surface area contributed by atoms with Crippen molar-refractivity contribution in [2.24, 2.45) is 0 Å². The fourth-order valence-electron chi connectivity index (χ4n) is 3.57. The van der Waals surface area contributed by atoms with Gasteiger partial charge in [0.1, 0.15) is 5.58 Å². The maximum Gasteiger partial charge on any atom is 0.289 e. The second kappa shape index (κ2) is 6.77. The zero-order valence-corrected chi connectivity index (χ0v) is 14.2. The van der Waals surface area contributed by atoms with Gasteiger partial charge in [0.05, 0.1) is 11.5 Å². The van der Waals surface area contributed by atoms with E-state index in [4.69, 9.17) is 4.42 Å². The molecule has 5 nitrogen and oxygen atoms in total. The summed E-state index contributed by atoms with van der Waals surface area (Å²) in [7, 11) is 0. The highest BCUT2D eigenvalue weighted by Gasteiger charge is 2.32. The first kappa shape index (κ1) is 16.5. The summed E-state index contributed by atoms with van der Waals surface area (Å²) >= 11 is 0. The Morgan fingerprint density at radius 1 is 1.08 bits per heavy atom. The van der Waals surface area contributed by atoms with Gasteiger partial charge in [-0.05, 0) is 24.1 Å². The third-order valence-electron chi connectivity index (χ3n) is 4.94. The molecule has 1 aliphatic heterocycles. The average Bonchev–Trinajstić information content (AvgIpc) is 2.68. The Balaban J connectivity index is 1.56. The lowest BCUT2D eigenvalue weighted by atomic mass is 9.87. The number of aliphatic hydroxyl groups is 1. The summed E-state index contributed by atoms with van der Waals surface area (Å²) in [6.45, 7) is 0.723. The predicted octanol–water partition coefficient (Wildman–Crippen LogP) is 2.78. The molecular weight excluding hydrogens is 330 g/mol. The lowest BCUT2D eigenvalue weighted by Gasteiger charge is -2.35. The summed E-state index contributed by atoms with van der Waals surface area (Å²) in [4.78, 5) is 26.5. The van der Waals surface area contributed by atoms with Crippen LogP contribution in [0.1, 0.15) is 28.5 Å². The van der Waals surface area contributed by atoms with Gasteiger partial charge in [-0.3, -0.25) is 9.59 Å². The molecule has 4 rings (SSSR count). The van der Waals surface area contributed by atoms with Gasteiger partial charge in [-0.25, -0.2) is 0 Å². The maximum absolute atomic E-state index is 12.8. The van der Waals surface area contributed by atoms with E-state index in [-0.39, 0.29) is 29.6 Å². The number of fused-ring (bicyclic) bond motifs is 1. The molecule has 1 amide bonds. The van der Waals surface area contributed by atoms with E-state index < -0.39 is 6.10 Å². The largest absolute Gasteiger partial charge is 0.451 e. The van der Waals surface area contributed by atoms with Crippen molar-refractivity contribution in [1.29, 1.82) is 0 Å². The van der Waals surface area contributed by atoms with Crippen molar-refractivity contribution in [3.8, 4) is 0 Å². The van der Waals surface area contributed by atoms with Gasteiger partial charge in [0.2, 0.25) is 0 Å². The number of carbonyl (C=O) groups excluding carboxylic acids is 1. The van der Waals surface area contributed by atoms with Crippen LogP contribution in [0.25, 0.3) is 11.0 Å². The van der Waals surface area contributed by atoms with Crippen LogP contribution in [0, 0.1) is 0 Å². The monoisotopic (exact) mass is 349 g/mol. The molecule has 0 unspecified atom stereocenters. The molecule has 26 heavy (non-hydrogen) atoms. The van der Waals surface area contributed by atoms with Gasteiger partial charge in [-0.15, -0.1) is 0 Å². The van der Waals surface area contributed by atoms with Crippen LogP contribution in [0.2, 0.25) is 0 Å². The highest BCUT2D eigenvalue weighted by molar-refractivity contribution is 5.93. The first-order chi connectivity index (χ1) is 12.6. The Bertz CT molecular complexity index is 996. The Labute approximate surface area is 150 Å². The number of carbonyl (C=O) groups is 1. The van der Waals surface area contributed by atoms with Gasteiger partial charge in [0, 0.05) is 25.1 Å². The number of para-hydroxylation sites is 1. The molecule has 1 N–H and O–H groups in total. The number of amides is 1. The minimum absolute atomic E-state index is 0.00358. The van der Waals surface area contributed by atoms with Crippen LogP contribution in [0.15, 0.2) is 69.9 Å². The van der Waals surface area contributed by atoms with Crippen molar-refractivity contribution < 1.29 is 14.3 Å². The molecule has 0 bridgehead atoms. The van der Waals surface area contributed by atoms with Gasteiger partial charge in [-0.1, -0.05) is 42.5 Å². The summed E-state index contributed by atoms with van der Waals surface area (Å²) in [5, 5.41) is 11.0. The molecule has 1 aromatic heterocycles. The van der Waals surface area contributed by atoms with Crippen molar-refractivity contribution in [3.05, 3.63) is 82.2 Å². The third-order valence-corrected chi connectivity index (χ3v) is 4.94. The molecular formula is C21H19NO4. The van der Waals surface area contributed by atoms with E-state index in [1.807, 2.05) is 30.3 Å². The van der Waals surface area contributed by atoms with Crippen LogP contribution in [-0.4, -0.2) is 35.1 Å². The zero-order valence-electron chi connectivity index (χ0n) is 14.2. The Morgan fingerprint density at radius 3 is 2.58 bits per heavy atom. The smallest absolute Gasteiger partial charge is 0.289 e. The minimum Gasteiger partial charge on any atom is -0.451 e. The molecule has 132 valence electrons. The van der Waals surface area contributed by atoms with Crippen LogP contribution in [0.3, 0.4) is 0 Å². The first-order valence-electron chi connectivity index (χ1n) is 8.68. The molecule has 0 spiro atoms. The Kier molecular flexibility index (Phi) is 4.31. The Hall–Kier alpha value is -2.92. The molecule has 1 saturated heterocycles. The summed E-state index contributed by atoms with van der Waals surface area (Å²) in [6.07, 6.45) is 0.0108. The number of aliphatic hydroxyl groups excluding tert-OH is 1. The minimum atomic E-state index is -0.651. The van der Waals surface area contributed by atoms with Crippen LogP contribution in [0.4, 0.5) is 0 Å². The maximum atomic E-state index is 12.8. The number of hydrogen-bond donors (Lipinski definition) is 1. The molecule has 1 fully saturated rings. The van der Waals surface area contributed by atoms with Crippen LogP contribution in [0.5, 0.6) is 0 Å². The van der Waals surface area contributed by atoms with Crippen molar-refractivity contribution in [2.45, 2.75) is 18.4 Å². The van der Waals surface area contributed by atoms with E-state index >= 15 is 0 Å². The van der Waals surface area contributed by atoms with Crippen molar-refractivity contribution in [1.82, 2.24) is 4.90 Å². The number of β-amino-alcohol motifs (C(OH)–C–C–N with tert-alkyl or cyclic N) is 1. The molecule has 5 heteroatoms. The second-order valence-electron chi connectivity index (χ2n) is 6.60. The number of piperidine rings is 1. The highest BCUT2D eigenvalue weighted by atomic mass is 16.3. The van der Waals surface area contributed by atoms with Gasteiger partial charge < -0.3 is 14.4 Å². The standard InChI is InChI=1S/C21H19NO4/c23-17-12-20(26-19-9-5-4-8-16(17)19)21(25)22-11-10-15(18(24)13-22)14-6-2-1-3-7-14/h1-9,12,15,18,24H,10-11,13H2/t15-,18-/m1/s1. The van der Waals surface area contributed by atoms with E-state index in [0.29, 0.717) is 23.9 Å². The number of nitrogens with zero attached hydrogens (tertiary/aromatic N) is 1. The van der Waals surface area contributed by atoms with Gasteiger partial charge in [0.15, 0.2) is 11.2 Å². The molecule has 2 aromatic carbocycles. The Morgan fingerprint density at radius 2 is 1.81 bits per heavy atom. The van der Waals surface area contributed by atoms with Crippen molar-refractivity contribution >= 4 is 16.9 Å². The summed E-state index contributed by atoms with van der Waals surface area (Å²) < 4.78 is 5.63. The summed E-state index contributed by atoms with van der Waals surface area (Å²) in [5.74, 6) is -0.346. The normalized spacial score (nSPS) is 20.3. The number of likely N-dealkylation sites (tertiary alicyclic amines) is 1. The second-order valence-corrected chi connectivity index (χ2v) is 6.60. The number of rotatable bonds is 2. The van der Waals surface area contributed by atoms with Crippen molar-refractivity contribution in [3.63, 3.8) is 0 Å². The SMILES string of the molecule is O=C(c1cc(=O)c2ccccc2o1)N1CC[C@H](c2ccccc2)[C@H](O)C1. The van der Waals surface area contributed by atoms with Gasteiger partial charge >= 0.3 is 0 Å².